The average molecular weight is 313 g/mol. The van der Waals surface area contributed by atoms with E-state index in [-0.39, 0.29) is 24.5 Å². The first kappa shape index (κ1) is 15.6. The number of hydrogen-bond donors (Lipinski definition) is 0. The Morgan fingerprint density at radius 3 is 2.17 bits per heavy atom. The molecular weight excluding hydrogens is 294 g/mol. The molecule has 1 aliphatic rings. The Kier molecular flexibility index (Phi) is 4.41. The molecule has 120 valence electrons. The molecule has 5 heteroatoms. The standard InChI is InChI=1S/C18H19NO4/c1-12(23-10-9-22-2)11-19-17(20)14-7-3-5-13-6-4-8-15(16(13)14)18(19)21/h3-8,12H,9-11H2,1-2H3. The zero-order valence-corrected chi connectivity index (χ0v) is 13.2. The molecule has 2 amide bonds. The molecule has 0 aliphatic carbocycles. The van der Waals surface area contributed by atoms with E-state index in [1.54, 1.807) is 19.2 Å². The van der Waals surface area contributed by atoms with Crippen molar-refractivity contribution in [1.82, 2.24) is 4.90 Å². The maximum absolute atomic E-state index is 12.7. The van der Waals surface area contributed by atoms with Gasteiger partial charge in [0.25, 0.3) is 11.8 Å². The molecule has 0 saturated heterocycles. The second-order valence-corrected chi connectivity index (χ2v) is 5.60. The molecule has 0 fully saturated rings. The van der Waals surface area contributed by atoms with Crippen molar-refractivity contribution < 1.29 is 19.1 Å². The number of nitrogens with zero attached hydrogens (tertiary/aromatic N) is 1. The molecular formula is C18H19NO4. The molecule has 1 atom stereocenters. The molecule has 0 saturated carbocycles. The van der Waals surface area contributed by atoms with Crippen LogP contribution < -0.4 is 0 Å². The van der Waals surface area contributed by atoms with Crippen LogP contribution >= 0.6 is 0 Å². The Bertz CT molecular complexity index is 705. The molecule has 2 aromatic carbocycles. The van der Waals surface area contributed by atoms with Gasteiger partial charge in [0.1, 0.15) is 0 Å². The predicted molar refractivity (Wildman–Crippen MR) is 86.6 cm³/mol. The van der Waals surface area contributed by atoms with Crippen LogP contribution in [0.2, 0.25) is 0 Å². The maximum Gasteiger partial charge on any atom is 0.261 e. The largest absolute Gasteiger partial charge is 0.382 e. The summed E-state index contributed by atoms with van der Waals surface area (Å²) in [5, 5.41) is 1.65. The van der Waals surface area contributed by atoms with Crippen LogP contribution in [0.5, 0.6) is 0 Å². The number of imide groups is 1. The lowest BCUT2D eigenvalue weighted by Gasteiger charge is -2.29. The number of benzene rings is 2. The van der Waals surface area contributed by atoms with Gasteiger partial charge >= 0.3 is 0 Å². The first-order valence-corrected chi connectivity index (χ1v) is 7.62. The lowest BCUT2D eigenvalue weighted by Crippen LogP contribution is -2.44. The second kappa shape index (κ2) is 6.48. The van der Waals surface area contributed by atoms with Gasteiger partial charge in [-0.1, -0.05) is 24.3 Å². The van der Waals surface area contributed by atoms with E-state index < -0.39 is 0 Å². The molecule has 0 spiro atoms. The summed E-state index contributed by atoms with van der Waals surface area (Å²) in [5.41, 5.74) is 1.14. The highest BCUT2D eigenvalue weighted by molar-refractivity contribution is 6.25. The number of methoxy groups -OCH3 is 1. The first-order valence-electron chi connectivity index (χ1n) is 7.62. The summed E-state index contributed by atoms with van der Waals surface area (Å²) in [6, 6.07) is 11.0. The van der Waals surface area contributed by atoms with Crippen molar-refractivity contribution in [3.63, 3.8) is 0 Å². The molecule has 2 aromatic rings. The summed E-state index contributed by atoms with van der Waals surface area (Å²) >= 11 is 0. The summed E-state index contributed by atoms with van der Waals surface area (Å²) < 4.78 is 10.5. The maximum atomic E-state index is 12.7. The van der Waals surface area contributed by atoms with Crippen molar-refractivity contribution >= 4 is 22.6 Å². The minimum Gasteiger partial charge on any atom is -0.382 e. The van der Waals surface area contributed by atoms with Crippen molar-refractivity contribution in [2.45, 2.75) is 13.0 Å². The number of carbonyl (C=O) groups is 2. The third-order valence-corrected chi connectivity index (χ3v) is 3.99. The first-order chi connectivity index (χ1) is 11.1. The van der Waals surface area contributed by atoms with Gasteiger partial charge in [0.2, 0.25) is 0 Å². The summed E-state index contributed by atoms with van der Waals surface area (Å²) in [4.78, 5) is 26.7. The highest BCUT2D eigenvalue weighted by Crippen LogP contribution is 2.30. The lowest BCUT2D eigenvalue weighted by molar-refractivity contribution is 0.00930. The van der Waals surface area contributed by atoms with Crippen molar-refractivity contribution in [1.29, 1.82) is 0 Å². The van der Waals surface area contributed by atoms with Gasteiger partial charge in [-0.15, -0.1) is 0 Å². The van der Waals surface area contributed by atoms with Gasteiger partial charge in [-0.25, -0.2) is 0 Å². The molecule has 0 aromatic heterocycles. The van der Waals surface area contributed by atoms with Crippen molar-refractivity contribution in [2.75, 3.05) is 26.9 Å². The smallest absolute Gasteiger partial charge is 0.261 e. The van der Waals surface area contributed by atoms with E-state index in [1.807, 2.05) is 31.2 Å². The molecule has 0 N–H and O–H groups in total. The van der Waals surface area contributed by atoms with E-state index in [4.69, 9.17) is 9.47 Å². The molecule has 0 radical (unpaired) electrons. The minimum absolute atomic E-state index is 0.228. The van der Waals surface area contributed by atoms with E-state index in [2.05, 4.69) is 0 Å². The number of ether oxygens (including phenoxy) is 2. The van der Waals surface area contributed by atoms with Gasteiger partial charge in [-0.3, -0.25) is 14.5 Å². The molecule has 1 heterocycles. The Labute approximate surface area is 134 Å². The second-order valence-electron chi connectivity index (χ2n) is 5.60. The topological polar surface area (TPSA) is 55.8 Å². The monoisotopic (exact) mass is 313 g/mol. The average Bonchev–Trinajstić information content (AvgIpc) is 2.56. The Hall–Kier alpha value is -2.24. The van der Waals surface area contributed by atoms with Gasteiger partial charge in [-0.2, -0.15) is 0 Å². The summed E-state index contributed by atoms with van der Waals surface area (Å²) in [7, 11) is 1.60. The van der Waals surface area contributed by atoms with Gasteiger partial charge < -0.3 is 9.47 Å². The SMILES string of the molecule is COCCOC(C)CN1C(=O)c2cccc3cccc(c23)C1=O. The Morgan fingerprint density at radius 2 is 1.61 bits per heavy atom. The predicted octanol–water partition coefficient (Wildman–Crippen LogP) is 2.49. The summed E-state index contributed by atoms with van der Waals surface area (Å²) in [5.74, 6) is -0.525. The Balaban J connectivity index is 1.88. The number of carbonyl (C=O) groups excluding carboxylic acids is 2. The fourth-order valence-electron chi connectivity index (χ4n) is 2.89. The van der Waals surface area contributed by atoms with Gasteiger partial charge in [0, 0.05) is 23.6 Å². The zero-order chi connectivity index (χ0) is 16.4. The zero-order valence-electron chi connectivity index (χ0n) is 13.2. The van der Waals surface area contributed by atoms with Crippen LogP contribution in [0.3, 0.4) is 0 Å². The van der Waals surface area contributed by atoms with Crippen LogP contribution in [0, 0.1) is 0 Å². The van der Waals surface area contributed by atoms with Crippen LogP contribution in [0.4, 0.5) is 0 Å². The number of rotatable bonds is 6. The highest BCUT2D eigenvalue weighted by Gasteiger charge is 2.33. The van der Waals surface area contributed by atoms with Crippen molar-refractivity contribution in [3.05, 3.63) is 47.5 Å². The summed E-state index contributed by atoms with van der Waals surface area (Å²) in [6.07, 6.45) is -0.248. The van der Waals surface area contributed by atoms with Crippen LogP contribution in [0.25, 0.3) is 10.8 Å². The minimum atomic E-state index is -0.263. The summed E-state index contributed by atoms with van der Waals surface area (Å²) in [6.45, 7) is 2.98. The normalized spacial score (nSPS) is 15.3. The molecule has 23 heavy (non-hydrogen) atoms. The molecule has 0 bridgehead atoms. The Morgan fingerprint density at radius 1 is 1.00 bits per heavy atom. The molecule has 5 nitrogen and oxygen atoms in total. The lowest BCUT2D eigenvalue weighted by atomic mass is 9.94. The molecule has 3 rings (SSSR count). The van der Waals surface area contributed by atoms with Gasteiger partial charge in [0.05, 0.1) is 25.9 Å². The fraction of sp³-hybridized carbons (Fsp3) is 0.333. The third-order valence-electron chi connectivity index (χ3n) is 3.99. The van der Waals surface area contributed by atoms with Crippen LogP contribution in [-0.4, -0.2) is 49.7 Å². The third kappa shape index (κ3) is 2.85. The van der Waals surface area contributed by atoms with Crippen LogP contribution in [-0.2, 0) is 9.47 Å². The van der Waals surface area contributed by atoms with E-state index in [0.29, 0.717) is 24.3 Å². The quantitative estimate of drug-likeness (QED) is 0.607. The fourth-order valence-corrected chi connectivity index (χ4v) is 2.89. The van der Waals surface area contributed by atoms with Gasteiger partial charge in [0.15, 0.2) is 0 Å². The highest BCUT2D eigenvalue weighted by atomic mass is 16.5. The van der Waals surface area contributed by atoms with E-state index in [1.165, 1.54) is 4.90 Å². The molecule has 1 aliphatic heterocycles. The van der Waals surface area contributed by atoms with E-state index in [9.17, 15) is 9.59 Å². The van der Waals surface area contributed by atoms with E-state index >= 15 is 0 Å². The van der Waals surface area contributed by atoms with Crippen molar-refractivity contribution in [3.8, 4) is 0 Å². The number of hydrogen-bond acceptors (Lipinski definition) is 4. The molecule has 1 unspecified atom stereocenters. The van der Waals surface area contributed by atoms with Gasteiger partial charge in [-0.05, 0) is 24.4 Å². The van der Waals surface area contributed by atoms with E-state index in [0.717, 1.165) is 10.8 Å². The van der Waals surface area contributed by atoms with Crippen molar-refractivity contribution in [2.24, 2.45) is 0 Å². The number of amides is 2. The van der Waals surface area contributed by atoms with Crippen LogP contribution in [0.1, 0.15) is 27.6 Å². The van der Waals surface area contributed by atoms with Crippen LogP contribution in [0.15, 0.2) is 36.4 Å².